The molecule has 1 N–H and O–H groups in total. The monoisotopic (exact) mass is 347 g/mol. The molecular weight excluding hydrogens is 318 g/mol. The number of amides is 1. The molecule has 1 aromatic carbocycles. The molecule has 5 nitrogen and oxygen atoms in total. The second kappa shape index (κ2) is 7.89. The third-order valence-corrected chi connectivity index (χ3v) is 4.41. The van der Waals surface area contributed by atoms with Crippen molar-refractivity contribution in [1.29, 1.82) is 0 Å². The summed E-state index contributed by atoms with van der Waals surface area (Å²) in [4.78, 5) is 24.2. The van der Waals surface area contributed by atoms with Gasteiger partial charge in [-0.2, -0.15) is 0 Å². The highest BCUT2D eigenvalue weighted by molar-refractivity contribution is 5.89. The van der Waals surface area contributed by atoms with E-state index < -0.39 is 5.60 Å². The van der Waals surface area contributed by atoms with Gasteiger partial charge in [-0.05, 0) is 70.2 Å². The normalized spacial score (nSPS) is 19.7. The first-order valence-electron chi connectivity index (χ1n) is 9.04. The van der Waals surface area contributed by atoms with Crippen molar-refractivity contribution >= 4 is 12.1 Å². The summed E-state index contributed by atoms with van der Waals surface area (Å²) < 4.78 is 10.5. The van der Waals surface area contributed by atoms with Crippen molar-refractivity contribution in [3.05, 3.63) is 34.9 Å². The van der Waals surface area contributed by atoms with Gasteiger partial charge in [0.1, 0.15) is 5.60 Å². The number of rotatable bonds is 4. The smallest absolute Gasteiger partial charge is 0.407 e. The van der Waals surface area contributed by atoms with Gasteiger partial charge in [0.05, 0.1) is 12.2 Å². The quantitative estimate of drug-likeness (QED) is 0.829. The lowest BCUT2D eigenvalue weighted by Gasteiger charge is -2.34. The first kappa shape index (κ1) is 19.3. The SMILES string of the molecule is CCOC(=O)c1ccc2c(c1)C(CC)[C@H](NC(=O)OC(C)(C)C)CC2. The molecule has 0 saturated carbocycles. The van der Waals surface area contributed by atoms with Crippen molar-refractivity contribution in [3.8, 4) is 0 Å². The van der Waals surface area contributed by atoms with Gasteiger partial charge in [0.15, 0.2) is 0 Å². The zero-order valence-electron chi connectivity index (χ0n) is 15.8. The minimum Gasteiger partial charge on any atom is -0.462 e. The Hall–Kier alpha value is -2.04. The number of fused-ring (bicyclic) bond motifs is 1. The molecule has 1 aliphatic carbocycles. The Labute approximate surface area is 150 Å². The van der Waals surface area contributed by atoms with Crippen molar-refractivity contribution in [2.75, 3.05) is 6.61 Å². The van der Waals surface area contributed by atoms with E-state index in [0.29, 0.717) is 12.2 Å². The molecule has 0 bridgehead atoms. The van der Waals surface area contributed by atoms with E-state index in [1.165, 1.54) is 5.56 Å². The molecule has 2 rings (SSSR count). The summed E-state index contributed by atoms with van der Waals surface area (Å²) in [5.74, 6) is -0.145. The van der Waals surface area contributed by atoms with Crippen LogP contribution < -0.4 is 5.32 Å². The van der Waals surface area contributed by atoms with E-state index >= 15 is 0 Å². The van der Waals surface area contributed by atoms with Crippen LogP contribution in [0.4, 0.5) is 4.79 Å². The van der Waals surface area contributed by atoms with E-state index in [1.807, 2.05) is 39.0 Å². The number of ether oxygens (including phenoxy) is 2. The van der Waals surface area contributed by atoms with E-state index in [-0.39, 0.29) is 24.0 Å². The third-order valence-electron chi connectivity index (χ3n) is 4.41. The minimum atomic E-state index is -0.518. The predicted molar refractivity (Wildman–Crippen MR) is 96.9 cm³/mol. The molecule has 2 atom stereocenters. The molecule has 1 unspecified atom stereocenters. The first-order valence-corrected chi connectivity index (χ1v) is 9.04. The van der Waals surface area contributed by atoms with Gasteiger partial charge < -0.3 is 14.8 Å². The van der Waals surface area contributed by atoms with Crippen LogP contribution >= 0.6 is 0 Å². The summed E-state index contributed by atoms with van der Waals surface area (Å²) in [6.07, 6.45) is 2.22. The lowest BCUT2D eigenvalue weighted by molar-refractivity contribution is 0.0485. The summed E-state index contributed by atoms with van der Waals surface area (Å²) >= 11 is 0. The highest BCUT2D eigenvalue weighted by Gasteiger charge is 2.31. The van der Waals surface area contributed by atoms with Crippen molar-refractivity contribution in [2.24, 2.45) is 0 Å². The summed E-state index contributed by atoms with van der Waals surface area (Å²) in [5.41, 5.74) is 2.41. The number of hydrogen-bond donors (Lipinski definition) is 1. The van der Waals surface area contributed by atoms with Gasteiger partial charge in [-0.3, -0.25) is 0 Å². The number of hydrogen-bond acceptors (Lipinski definition) is 4. The zero-order valence-corrected chi connectivity index (χ0v) is 15.8. The van der Waals surface area contributed by atoms with Gasteiger partial charge in [0, 0.05) is 12.0 Å². The van der Waals surface area contributed by atoms with Crippen LogP contribution in [0.5, 0.6) is 0 Å². The fourth-order valence-electron chi connectivity index (χ4n) is 3.37. The van der Waals surface area contributed by atoms with Gasteiger partial charge in [-0.15, -0.1) is 0 Å². The van der Waals surface area contributed by atoms with Crippen LogP contribution in [0, 0.1) is 0 Å². The molecule has 0 heterocycles. The molecule has 0 radical (unpaired) electrons. The van der Waals surface area contributed by atoms with Crippen LogP contribution in [0.1, 0.15) is 74.9 Å². The largest absolute Gasteiger partial charge is 0.462 e. The summed E-state index contributed by atoms with van der Waals surface area (Å²) in [6.45, 7) is 9.81. The van der Waals surface area contributed by atoms with Gasteiger partial charge in [0.2, 0.25) is 0 Å². The molecule has 0 spiro atoms. The Morgan fingerprint density at radius 1 is 1.24 bits per heavy atom. The average Bonchev–Trinajstić information content (AvgIpc) is 2.52. The molecule has 0 fully saturated rings. The van der Waals surface area contributed by atoms with E-state index in [0.717, 1.165) is 24.8 Å². The highest BCUT2D eigenvalue weighted by Crippen LogP contribution is 2.35. The Balaban J connectivity index is 2.20. The van der Waals surface area contributed by atoms with Crippen LogP contribution in [0.25, 0.3) is 0 Å². The van der Waals surface area contributed by atoms with Gasteiger partial charge in [0.25, 0.3) is 0 Å². The van der Waals surface area contributed by atoms with Crippen LogP contribution in [-0.4, -0.2) is 30.3 Å². The molecular formula is C20H29NO4. The second-order valence-corrected chi connectivity index (χ2v) is 7.44. The molecule has 5 heteroatoms. The maximum atomic E-state index is 12.2. The van der Waals surface area contributed by atoms with Crippen LogP contribution in [0.2, 0.25) is 0 Å². The maximum absolute atomic E-state index is 12.2. The molecule has 1 aromatic rings. The Kier molecular flexibility index (Phi) is 6.09. The van der Waals surface area contributed by atoms with Crippen LogP contribution in [0.3, 0.4) is 0 Å². The van der Waals surface area contributed by atoms with Crippen molar-refractivity contribution in [1.82, 2.24) is 5.32 Å². The van der Waals surface area contributed by atoms with E-state index in [2.05, 4.69) is 12.2 Å². The molecule has 25 heavy (non-hydrogen) atoms. The number of alkyl carbamates (subject to hydrolysis) is 1. The lowest BCUT2D eigenvalue weighted by Crippen LogP contribution is -2.44. The number of nitrogens with one attached hydrogen (secondary N) is 1. The Morgan fingerprint density at radius 3 is 2.56 bits per heavy atom. The summed E-state index contributed by atoms with van der Waals surface area (Å²) in [5, 5.41) is 3.01. The average molecular weight is 347 g/mol. The van der Waals surface area contributed by atoms with Gasteiger partial charge >= 0.3 is 12.1 Å². The first-order chi connectivity index (χ1) is 11.7. The predicted octanol–water partition coefficient (Wildman–Crippen LogP) is 4.20. The standard InChI is InChI=1S/C20H29NO4/c1-6-15-16-12-14(18(22)24-7-2)9-8-13(16)10-11-17(15)21-19(23)25-20(3,4)5/h8-9,12,15,17H,6-7,10-11H2,1-5H3,(H,21,23)/t15?,17-/m1/s1. The molecule has 1 aliphatic rings. The van der Waals surface area contributed by atoms with Crippen LogP contribution in [0.15, 0.2) is 18.2 Å². The lowest BCUT2D eigenvalue weighted by atomic mass is 9.77. The van der Waals surface area contributed by atoms with Crippen molar-refractivity contribution in [3.63, 3.8) is 0 Å². The topological polar surface area (TPSA) is 64.6 Å². The molecule has 0 aromatic heterocycles. The van der Waals surface area contributed by atoms with Crippen molar-refractivity contribution < 1.29 is 19.1 Å². The summed E-state index contributed by atoms with van der Waals surface area (Å²) in [6, 6.07) is 5.76. The number of benzene rings is 1. The number of carbonyl (C=O) groups is 2. The third kappa shape index (κ3) is 4.97. The Morgan fingerprint density at radius 2 is 1.96 bits per heavy atom. The molecule has 138 valence electrons. The number of esters is 1. The molecule has 1 amide bonds. The zero-order chi connectivity index (χ0) is 18.6. The second-order valence-electron chi connectivity index (χ2n) is 7.44. The number of carbonyl (C=O) groups excluding carboxylic acids is 2. The van der Waals surface area contributed by atoms with Crippen LogP contribution in [-0.2, 0) is 15.9 Å². The molecule has 0 saturated heterocycles. The van der Waals surface area contributed by atoms with Gasteiger partial charge in [-0.25, -0.2) is 9.59 Å². The Bertz CT molecular complexity index is 633. The molecule has 0 aliphatic heterocycles. The fraction of sp³-hybridized carbons (Fsp3) is 0.600. The fourth-order valence-corrected chi connectivity index (χ4v) is 3.37. The maximum Gasteiger partial charge on any atom is 0.407 e. The highest BCUT2D eigenvalue weighted by atomic mass is 16.6. The minimum absolute atomic E-state index is 0.00444. The van der Waals surface area contributed by atoms with E-state index in [9.17, 15) is 9.59 Å². The summed E-state index contributed by atoms with van der Waals surface area (Å²) in [7, 11) is 0. The van der Waals surface area contributed by atoms with E-state index in [1.54, 1.807) is 6.92 Å². The van der Waals surface area contributed by atoms with Crippen molar-refractivity contribution in [2.45, 2.75) is 71.4 Å². The number of aryl methyl sites for hydroxylation is 1. The van der Waals surface area contributed by atoms with Gasteiger partial charge in [-0.1, -0.05) is 13.0 Å². The van der Waals surface area contributed by atoms with E-state index in [4.69, 9.17) is 9.47 Å².